The highest BCUT2D eigenvalue weighted by molar-refractivity contribution is 14.1. The van der Waals surface area contributed by atoms with Gasteiger partial charge in [-0.25, -0.2) is 9.97 Å². The highest BCUT2D eigenvalue weighted by Gasteiger charge is 2.31. The van der Waals surface area contributed by atoms with Crippen LogP contribution in [0.25, 0.3) is 0 Å². The number of nitrogens with zero attached hydrogens (tertiary/aromatic N) is 2. The van der Waals surface area contributed by atoms with Gasteiger partial charge in [0.25, 0.3) is 0 Å². The molecule has 118 valence electrons. The fourth-order valence-corrected chi connectivity index (χ4v) is 3.72. The van der Waals surface area contributed by atoms with Crippen molar-refractivity contribution in [1.82, 2.24) is 9.97 Å². The number of ether oxygens (including phenoxy) is 1. The van der Waals surface area contributed by atoms with Crippen LogP contribution in [0.5, 0.6) is 0 Å². The summed E-state index contributed by atoms with van der Waals surface area (Å²) >= 11 is 2.39. The van der Waals surface area contributed by atoms with E-state index in [1.165, 1.54) is 34.9 Å². The van der Waals surface area contributed by atoms with E-state index in [0.717, 1.165) is 24.6 Å². The highest BCUT2D eigenvalue weighted by Crippen LogP contribution is 2.38. The molecule has 1 N–H and O–H groups in total. The van der Waals surface area contributed by atoms with Crippen LogP contribution in [0.1, 0.15) is 70.3 Å². The van der Waals surface area contributed by atoms with Crippen LogP contribution >= 0.6 is 22.6 Å². The zero-order valence-electron chi connectivity index (χ0n) is 13.5. The molecule has 1 fully saturated rings. The zero-order valence-corrected chi connectivity index (χ0v) is 15.7. The van der Waals surface area contributed by atoms with Crippen LogP contribution in [0.3, 0.4) is 0 Å². The molecule has 0 amide bonds. The van der Waals surface area contributed by atoms with Gasteiger partial charge < -0.3 is 10.1 Å². The van der Waals surface area contributed by atoms with E-state index >= 15 is 0 Å². The molecule has 1 aliphatic carbocycles. The second-order valence-corrected chi connectivity index (χ2v) is 6.97. The van der Waals surface area contributed by atoms with E-state index in [1.54, 1.807) is 7.11 Å². The molecule has 1 saturated carbocycles. The Morgan fingerprint density at radius 3 is 2.48 bits per heavy atom. The number of hydrogen-bond donors (Lipinski definition) is 1. The smallest absolute Gasteiger partial charge is 0.162 e. The van der Waals surface area contributed by atoms with Gasteiger partial charge in [0.1, 0.15) is 11.4 Å². The van der Waals surface area contributed by atoms with Crippen molar-refractivity contribution in [2.24, 2.45) is 0 Å². The fraction of sp³-hybridized carbons (Fsp3) is 0.750. The third-order valence-electron chi connectivity index (χ3n) is 4.56. The second-order valence-electron chi connectivity index (χ2n) is 5.90. The fourth-order valence-electron chi connectivity index (χ4n) is 2.85. The molecule has 0 aliphatic heterocycles. The Labute approximate surface area is 141 Å². The first-order valence-corrected chi connectivity index (χ1v) is 9.00. The van der Waals surface area contributed by atoms with Crippen LogP contribution in [0, 0.1) is 3.57 Å². The van der Waals surface area contributed by atoms with E-state index in [0.29, 0.717) is 5.92 Å². The summed E-state index contributed by atoms with van der Waals surface area (Å²) in [5, 5.41) is 3.39. The number of hydrogen-bond acceptors (Lipinski definition) is 4. The zero-order chi connectivity index (χ0) is 15.5. The standard InChI is InChI=1S/C16H26IN3O/c1-5-16(3,21-4)15-19-13(11-9-7-8-10-11)12(17)14(20-15)18-6-2/h11H,5-10H2,1-4H3,(H,18,19,20). The maximum absolute atomic E-state index is 5.71. The normalized spacial score (nSPS) is 18.7. The van der Waals surface area contributed by atoms with Gasteiger partial charge in [0.2, 0.25) is 0 Å². The molecule has 1 aromatic rings. The third kappa shape index (κ3) is 3.50. The van der Waals surface area contributed by atoms with Crippen LogP contribution in [0.4, 0.5) is 5.82 Å². The lowest BCUT2D eigenvalue weighted by Crippen LogP contribution is -2.28. The molecule has 0 spiro atoms. The number of aromatic nitrogens is 2. The van der Waals surface area contributed by atoms with Crippen molar-refractivity contribution in [2.75, 3.05) is 19.0 Å². The number of methoxy groups -OCH3 is 1. The molecule has 0 aromatic carbocycles. The van der Waals surface area contributed by atoms with Crippen molar-refractivity contribution < 1.29 is 4.74 Å². The van der Waals surface area contributed by atoms with Crippen molar-refractivity contribution in [3.63, 3.8) is 0 Å². The summed E-state index contributed by atoms with van der Waals surface area (Å²) in [5.74, 6) is 2.35. The van der Waals surface area contributed by atoms with Gasteiger partial charge in [-0.3, -0.25) is 0 Å². The van der Waals surface area contributed by atoms with E-state index in [9.17, 15) is 0 Å². The van der Waals surface area contributed by atoms with Gasteiger partial charge in [0.05, 0.1) is 9.26 Å². The Morgan fingerprint density at radius 2 is 1.95 bits per heavy atom. The monoisotopic (exact) mass is 403 g/mol. The largest absolute Gasteiger partial charge is 0.371 e. The van der Waals surface area contributed by atoms with Crippen LogP contribution < -0.4 is 5.32 Å². The van der Waals surface area contributed by atoms with Gasteiger partial charge in [0, 0.05) is 19.6 Å². The van der Waals surface area contributed by atoms with Gasteiger partial charge in [-0.2, -0.15) is 0 Å². The maximum Gasteiger partial charge on any atom is 0.162 e. The van der Waals surface area contributed by atoms with Crippen LogP contribution in [-0.4, -0.2) is 23.6 Å². The quantitative estimate of drug-likeness (QED) is 0.714. The average Bonchev–Trinajstić information content (AvgIpc) is 3.02. The van der Waals surface area contributed by atoms with Gasteiger partial charge in [-0.15, -0.1) is 0 Å². The average molecular weight is 403 g/mol. The molecular formula is C16H26IN3O. The molecule has 2 rings (SSSR count). The predicted molar refractivity (Wildman–Crippen MR) is 94.8 cm³/mol. The number of halogens is 1. The van der Waals surface area contributed by atoms with Crippen LogP contribution in [0.2, 0.25) is 0 Å². The predicted octanol–water partition coefficient (Wildman–Crippen LogP) is 4.44. The Kier molecular flexibility index (Phi) is 5.82. The Morgan fingerprint density at radius 1 is 1.29 bits per heavy atom. The van der Waals surface area contributed by atoms with Crippen LogP contribution in [-0.2, 0) is 10.3 Å². The van der Waals surface area contributed by atoms with E-state index in [2.05, 4.69) is 48.7 Å². The molecule has 1 unspecified atom stereocenters. The molecule has 0 bridgehead atoms. The summed E-state index contributed by atoms with van der Waals surface area (Å²) in [6, 6.07) is 0. The van der Waals surface area contributed by atoms with E-state index in [4.69, 9.17) is 14.7 Å². The first-order valence-electron chi connectivity index (χ1n) is 7.92. The van der Waals surface area contributed by atoms with E-state index in [1.807, 2.05) is 0 Å². The molecule has 1 heterocycles. The summed E-state index contributed by atoms with van der Waals surface area (Å²) in [6.45, 7) is 7.16. The minimum atomic E-state index is -0.415. The van der Waals surface area contributed by atoms with Crippen molar-refractivity contribution in [3.8, 4) is 0 Å². The van der Waals surface area contributed by atoms with Gasteiger partial charge in [-0.05, 0) is 55.7 Å². The van der Waals surface area contributed by atoms with Crippen molar-refractivity contribution in [3.05, 3.63) is 15.1 Å². The minimum Gasteiger partial charge on any atom is -0.371 e. The van der Waals surface area contributed by atoms with Gasteiger partial charge >= 0.3 is 0 Å². The Hall–Kier alpha value is -0.430. The molecule has 5 heteroatoms. The maximum atomic E-state index is 5.71. The van der Waals surface area contributed by atoms with E-state index < -0.39 is 5.60 Å². The summed E-state index contributed by atoms with van der Waals surface area (Å²) in [4.78, 5) is 9.68. The number of nitrogens with one attached hydrogen (secondary N) is 1. The van der Waals surface area contributed by atoms with Gasteiger partial charge in [0.15, 0.2) is 5.82 Å². The Balaban J connectivity index is 2.50. The lowest BCUT2D eigenvalue weighted by molar-refractivity contribution is -0.00913. The lowest BCUT2D eigenvalue weighted by Gasteiger charge is -2.27. The molecule has 0 saturated heterocycles. The second kappa shape index (κ2) is 7.22. The topological polar surface area (TPSA) is 47.0 Å². The van der Waals surface area contributed by atoms with Crippen molar-refractivity contribution >= 4 is 28.4 Å². The molecule has 1 atom stereocenters. The molecule has 4 nitrogen and oxygen atoms in total. The lowest BCUT2D eigenvalue weighted by atomic mass is 9.99. The first-order chi connectivity index (χ1) is 10.1. The SMILES string of the molecule is CCNc1nc(C(C)(CC)OC)nc(C2CCCC2)c1I. The van der Waals surface area contributed by atoms with Crippen molar-refractivity contribution in [1.29, 1.82) is 0 Å². The molecule has 1 aromatic heterocycles. The molecule has 21 heavy (non-hydrogen) atoms. The van der Waals surface area contributed by atoms with E-state index in [-0.39, 0.29) is 0 Å². The molecule has 0 radical (unpaired) electrons. The van der Waals surface area contributed by atoms with Gasteiger partial charge in [-0.1, -0.05) is 19.8 Å². The molecular weight excluding hydrogens is 377 g/mol. The summed E-state index contributed by atoms with van der Waals surface area (Å²) < 4.78 is 6.89. The number of anilines is 1. The summed E-state index contributed by atoms with van der Waals surface area (Å²) in [5.41, 5.74) is 0.799. The van der Waals surface area contributed by atoms with Crippen molar-refractivity contribution in [2.45, 2.75) is 64.4 Å². The summed E-state index contributed by atoms with van der Waals surface area (Å²) in [6.07, 6.45) is 5.97. The van der Waals surface area contributed by atoms with Crippen LogP contribution in [0.15, 0.2) is 0 Å². The number of rotatable bonds is 6. The minimum absolute atomic E-state index is 0.415. The molecule has 1 aliphatic rings. The Bertz CT molecular complexity index is 483. The summed E-state index contributed by atoms with van der Waals surface area (Å²) in [7, 11) is 1.74. The third-order valence-corrected chi connectivity index (χ3v) is 5.62. The first kappa shape index (κ1) is 16.9. The highest BCUT2D eigenvalue weighted by atomic mass is 127.